The third-order valence-corrected chi connectivity index (χ3v) is 5.11. The van der Waals surface area contributed by atoms with Crippen molar-refractivity contribution < 1.29 is 0 Å². The minimum absolute atomic E-state index is 0.791. The molecule has 3 heterocycles. The van der Waals surface area contributed by atoms with Gasteiger partial charge in [-0.05, 0) is 42.3 Å². The number of aromatic nitrogens is 4. The van der Waals surface area contributed by atoms with Gasteiger partial charge < -0.3 is 4.90 Å². The third kappa shape index (κ3) is 2.47. The second-order valence-electron chi connectivity index (χ2n) is 6.03. The van der Waals surface area contributed by atoms with Crippen LogP contribution in [-0.4, -0.2) is 33.4 Å². The first-order chi connectivity index (χ1) is 10.8. The van der Waals surface area contributed by atoms with Crippen molar-refractivity contribution in [3.8, 4) is 11.4 Å². The van der Waals surface area contributed by atoms with Crippen LogP contribution in [0.1, 0.15) is 25.7 Å². The fraction of sp³-hybridized carbons (Fsp3) is 0.438. The summed E-state index contributed by atoms with van der Waals surface area (Å²) in [5, 5.41) is 17.4. The highest BCUT2D eigenvalue weighted by Gasteiger charge is 2.18. The summed E-state index contributed by atoms with van der Waals surface area (Å²) in [5.41, 5.74) is 1.86. The van der Waals surface area contributed by atoms with Crippen LogP contribution in [0, 0.1) is 5.92 Å². The van der Waals surface area contributed by atoms with Gasteiger partial charge in [0.15, 0.2) is 11.5 Å². The fourth-order valence-electron chi connectivity index (χ4n) is 3.23. The maximum atomic E-state index is 4.76. The van der Waals surface area contributed by atoms with Crippen LogP contribution in [0.15, 0.2) is 29.0 Å². The summed E-state index contributed by atoms with van der Waals surface area (Å²) in [4.78, 5) is 2.26. The van der Waals surface area contributed by atoms with Crippen molar-refractivity contribution in [3.05, 3.63) is 29.0 Å². The van der Waals surface area contributed by atoms with Crippen molar-refractivity contribution in [1.29, 1.82) is 0 Å². The van der Waals surface area contributed by atoms with Crippen molar-refractivity contribution in [1.82, 2.24) is 19.8 Å². The van der Waals surface area contributed by atoms with E-state index in [1.165, 1.54) is 25.7 Å². The van der Waals surface area contributed by atoms with Crippen LogP contribution in [0.25, 0.3) is 17.0 Å². The van der Waals surface area contributed by atoms with E-state index in [1.807, 2.05) is 22.0 Å². The molecule has 0 unspecified atom stereocenters. The molecule has 6 heteroatoms. The molecule has 0 radical (unpaired) electrons. The van der Waals surface area contributed by atoms with Crippen LogP contribution < -0.4 is 4.90 Å². The molecular weight excluding hydrogens is 294 g/mol. The van der Waals surface area contributed by atoms with Gasteiger partial charge in [0.05, 0.1) is 0 Å². The van der Waals surface area contributed by atoms with Gasteiger partial charge in [-0.25, -0.2) is 0 Å². The van der Waals surface area contributed by atoms with Crippen molar-refractivity contribution in [3.63, 3.8) is 0 Å². The largest absolute Gasteiger partial charge is 0.358 e. The minimum Gasteiger partial charge on any atom is -0.358 e. The first kappa shape index (κ1) is 13.7. The number of hydrogen-bond acceptors (Lipinski definition) is 5. The van der Waals surface area contributed by atoms with Gasteiger partial charge in [0.25, 0.3) is 0 Å². The lowest BCUT2D eigenvalue weighted by Crippen LogP contribution is -2.25. The molecule has 0 aromatic carbocycles. The van der Waals surface area contributed by atoms with E-state index in [4.69, 9.17) is 5.10 Å². The van der Waals surface area contributed by atoms with E-state index >= 15 is 0 Å². The van der Waals surface area contributed by atoms with Crippen molar-refractivity contribution in [2.45, 2.75) is 25.7 Å². The van der Waals surface area contributed by atoms with E-state index < -0.39 is 0 Å². The molecule has 0 saturated heterocycles. The standard InChI is InChI=1S/C16H19N5S/c1-20(10-12-4-2-3-5-12)15-7-6-14-17-18-16(21(14)19-15)13-8-9-22-11-13/h6-9,11-12H,2-5,10H2,1H3. The zero-order valence-corrected chi connectivity index (χ0v) is 13.5. The molecule has 4 rings (SSSR count). The Bertz CT molecular complexity index is 758. The molecule has 1 aliphatic rings. The van der Waals surface area contributed by atoms with Gasteiger partial charge in [-0.2, -0.15) is 15.9 Å². The summed E-state index contributed by atoms with van der Waals surface area (Å²) in [6, 6.07) is 6.09. The van der Waals surface area contributed by atoms with E-state index in [0.29, 0.717) is 0 Å². The highest BCUT2D eigenvalue weighted by molar-refractivity contribution is 7.08. The predicted molar refractivity (Wildman–Crippen MR) is 89.3 cm³/mol. The lowest BCUT2D eigenvalue weighted by atomic mass is 10.1. The van der Waals surface area contributed by atoms with E-state index in [2.05, 4.69) is 33.6 Å². The molecule has 5 nitrogen and oxygen atoms in total. The first-order valence-corrected chi connectivity index (χ1v) is 8.72. The van der Waals surface area contributed by atoms with Gasteiger partial charge >= 0.3 is 0 Å². The molecule has 0 bridgehead atoms. The molecule has 3 aromatic heterocycles. The quantitative estimate of drug-likeness (QED) is 0.740. The Morgan fingerprint density at radius 2 is 2.09 bits per heavy atom. The smallest absolute Gasteiger partial charge is 0.186 e. The van der Waals surface area contributed by atoms with Gasteiger partial charge in [0.2, 0.25) is 0 Å². The number of rotatable bonds is 4. The Balaban J connectivity index is 1.65. The lowest BCUT2D eigenvalue weighted by Gasteiger charge is -2.21. The second kappa shape index (κ2) is 5.68. The number of fused-ring (bicyclic) bond motifs is 1. The van der Waals surface area contributed by atoms with Crippen LogP contribution in [0.5, 0.6) is 0 Å². The molecule has 0 atom stereocenters. The lowest BCUT2D eigenvalue weighted by molar-refractivity contribution is 0.543. The molecule has 0 amide bonds. The van der Waals surface area contributed by atoms with Crippen LogP contribution in [0.4, 0.5) is 5.82 Å². The Morgan fingerprint density at radius 3 is 2.86 bits per heavy atom. The number of thiophene rings is 1. The van der Waals surface area contributed by atoms with Gasteiger partial charge in [0, 0.05) is 24.5 Å². The summed E-state index contributed by atoms with van der Waals surface area (Å²) in [6.45, 7) is 1.08. The average molecular weight is 313 g/mol. The summed E-state index contributed by atoms with van der Waals surface area (Å²) in [7, 11) is 2.13. The summed E-state index contributed by atoms with van der Waals surface area (Å²) < 4.78 is 1.85. The summed E-state index contributed by atoms with van der Waals surface area (Å²) >= 11 is 1.66. The summed E-state index contributed by atoms with van der Waals surface area (Å²) in [5.74, 6) is 2.60. The zero-order chi connectivity index (χ0) is 14.9. The SMILES string of the molecule is CN(CC1CCCC1)c1ccc2nnc(-c3ccsc3)n2n1. The van der Waals surface area contributed by atoms with E-state index in [1.54, 1.807) is 11.3 Å². The van der Waals surface area contributed by atoms with Gasteiger partial charge in [-0.15, -0.1) is 15.3 Å². The van der Waals surface area contributed by atoms with Gasteiger partial charge in [0.1, 0.15) is 5.82 Å². The van der Waals surface area contributed by atoms with Crippen molar-refractivity contribution >= 4 is 22.8 Å². The van der Waals surface area contributed by atoms with Crippen LogP contribution >= 0.6 is 11.3 Å². The normalized spacial score (nSPS) is 15.7. The molecular formula is C16H19N5S. The molecule has 0 spiro atoms. The van der Waals surface area contributed by atoms with Crippen LogP contribution in [0.3, 0.4) is 0 Å². The number of nitrogens with zero attached hydrogens (tertiary/aromatic N) is 5. The van der Waals surface area contributed by atoms with E-state index in [9.17, 15) is 0 Å². The predicted octanol–water partition coefficient (Wildman–Crippen LogP) is 3.48. The molecule has 1 aliphatic carbocycles. The highest BCUT2D eigenvalue weighted by Crippen LogP contribution is 2.27. The number of hydrogen-bond donors (Lipinski definition) is 0. The molecule has 114 valence electrons. The Kier molecular flexibility index (Phi) is 3.54. The molecule has 22 heavy (non-hydrogen) atoms. The molecule has 0 aliphatic heterocycles. The van der Waals surface area contributed by atoms with Crippen molar-refractivity contribution in [2.75, 3.05) is 18.5 Å². The van der Waals surface area contributed by atoms with Gasteiger partial charge in [-0.1, -0.05) is 12.8 Å². The molecule has 3 aromatic rings. The molecule has 1 saturated carbocycles. The van der Waals surface area contributed by atoms with Crippen LogP contribution in [-0.2, 0) is 0 Å². The first-order valence-electron chi connectivity index (χ1n) is 7.77. The van der Waals surface area contributed by atoms with Crippen LogP contribution in [0.2, 0.25) is 0 Å². The average Bonchev–Trinajstić information content (AvgIpc) is 3.27. The van der Waals surface area contributed by atoms with E-state index in [-0.39, 0.29) is 0 Å². The zero-order valence-electron chi connectivity index (χ0n) is 12.6. The molecule has 1 fully saturated rings. The molecule has 0 N–H and O–H groups in total. The Morgan fingerprint density at radius 1 is 1.23 bits per heavy atom. The second-order valence-corrected chi connectivity index (χ2v) is 6.81. The maximum absolute atomic E-state index is 4.76. The highest BCUT2D eigenvalue weighted by atomic mass is 32.1. The third-order valence-electron chi connectivity index (χ3n) is 4.43. The minimum atomic E-state index is 0.791. The summed E-state index contributed by atoms with van der Waals surface area (Å²) in [6.07, 6.45) is 5.44. The Hall–Kier alpha value is -1.95. The van der Waals surface area contributed by atoms with Crippen molar-refractivity contribution in [2.24, 2.45) is 5.92 Å². The number of anilines is 1. The topological polar surface area (TPSA) is 46.3 Å². The monoisotopic (exact) mass is 313 g/mol. The van der Waals surface area contributed by atoms with E-state index in [0.717, 1.165) is 35.3 Å². The fourth-order valence-corrected chi connectivity index (χ4v) is 3.86. The Labute approximate surface area is 133 Å². The maximum Gasteiger partial charge on any atom is 0.186 e. The van der Waals surface area contributed by atoms with Gasteiger partial charge in [-0.3, -0.25) is 0 Å².